The number of hydrogen-bond acceptors (Lipinski definition) is 4. The minimum atomic E-state index is 0.145. The number of thiophene rings is 1. The molecule has 2 N–H and O–H groups in total. The zero-order chi connectivity index (χ0) is 15.4. The molecule has 2 heterocycles. The van der Waals surface area contributed by atoms with Crippen LogP contribution >= 0.6 is 11.3 Å². The molecule has 0 aromatic carbocycles. The highest BCUT2D eigenvalue weighted by molar-refractivity contribution is 7.12. The fourth-order valence-corrected chi connectivity index (χ4v) is 4.12. The summed E-state index contributed by atoms with van der Waals surface area (Å²) in [5.74, 6) is 0.181. The molecule has 1 aliphatic rings. The quantitative estimate of drug-likeness (QED) is 0.929. The van der Waals surface area contributed by atoms with Gasteiger partial charge in [-0.1, -0.05) is 6.92 Å². The van der Waals surface area contributed by atoms with Gasteiger partial charge >= 0.3 is 0 Å². The van der Waals surface area contributed by atoms with E-state index in [1.54, 1.807) is 6.92 Å². The third-order valence-electron chi connectivity index (χ3n) is 4.30. The average molecular weight is 309 g/mol. The van der Waals surface area contributed by atoms with Crippen LogP contribution in [0.1, 0.15) is 42.5 Å². The molecule has 5 heteroatoms. The molecule has 0 radical (unpaired) electrons. The molecule has 1 saturated heterocycles. The van der Waals surface area contributed by atoms with Crippen LogP contribution in [0.3, 0.4) is 0 Å². The Labute approximate surface area is 131 Å². The first kappa shape index (κ1) is 16.5. The molecule has 0 bridgehead atoms. The second-order valence-corrected chi connectivity index (χ2v) is 7.18. The highest BCUT2D eigenvalue weighted by atomic mass is 32.1. The number of carbonyl (C=O) groups excluding carboxylic acids is 1. The predicted molar refractivity (Wildman–Crippen MR) is 88.5 cm³/mol. The SMILES string of the molecule is CCC(N)C(c1ccc(C)s1)N1CCCN(C(C)=O)CC1. The molecule has 0 saturated carbocycles. The van der Waals surface area contributed by atoms with Gasteiger partial charge in [-0.3, -0.25) is 9.69 Å². The van der Waals surface area contributed by atoms with Crippen LogP contribution in [-0.2, 0) is 4.79 Å². The van der Waals surface area contributed by atoms with Crippen LogP contribution in [-0.4, -0.2) is 47.9 Å². The van der Waals surface area contributed by atoms with Crippen molar-refractivity contribution in [1.29, 1.82) is 0 Å². The number of nitrogens with two attached hydrogens (primary N) is 1. The summed E-state index contributed by atoms with van der Waals surface area (Å²) >= 11 is 1.84. The Hall–Kier alpha value is -0.910. The first-order chi connectivity index (χ1) is 10.0. The Morgan fingerprint density at radius 3 is 2.67 bits per heavy atom. The van der Waals surface area contributed by atoms with Gasteiger partial charge in [0.2, 0.25) is 5.91 Å². The molecule has 1 aromatic heterocycles. The normalized spacial score (nSPS) is 20.1. The molecule has 1 aromatic rings. The van der Waals surface area contributed by atoms with E-state index in [2.05, 4.69) is 30.9 Å². The van der Waals surface area contributed by atoms with Gasteiger partial charge in [-0.25, -0.2) is 0 Å². The summed E-state index contributed by atoms with van der Waals surface area (Å²) in [5, 5.41) is 0. The fraction of sp³-hybridized carbons (Fsp3) is 0.688. The molecule has 1 fully saturated rings. The van der Waals surface area contributed by atoms with Gasteiger partial charge in [0.25, 0.3) is 0 Å². The lowest BCUT2D eigenvalue weighted by Gasteiger charge is -2.34. The fourth-order valence-electron chi connectivity index (χ4n) is 3.03. The summed E-state index contributed by atoms with van der Waals surface area (Å²) in [4.78, 5) is 18.7. The molecule has 0 aliphatic carbocycles. The average Bonchev–Trinajstić information content (AvgIpc) is 2.73. The standard InChI is InChI=1S/C16H27N3OS/c1-4-14(17)16(15-7-6-12(2)21-15)19-9-5-8-18(10-11-19)13(3)20/h6-7,14,16H,4-5,8-11,17H2,1-3H3. The third kappa shape index (κ3) is 4.05. The van der Waals surface area contributed by atoms with Crippen molar-refractivity contribution in [1.82, 2.24) is 9.80 Å². The van der Waals surface area contributed by atoms with Crippen molar-refractivity contribution in [2.24, 2.45) is 5.73 Å². The van der Waals surface area contributed by atoms with Crippen LogP contribution in [0.2, 0.25) is 0 Å². The highest BCUT2D eigenvalue weighted by Gasteiger charge is 2.28. The lowest BCUT2D eigenvalue weighted by atomic mass is 10.0. The van der Waals surface area contributed by atoms with Crippen molar-refractivity contribution in [3.8, 4) is 0 Å². The van der Waals surface area contributed by atoms with E-state index in [1.807, 2.05) is 16.2 Å². The summed E-state index contributed by atoms with van der Waals surface area (Å²) in [7, 11) is 0. The maximum atomic E-state index is 11.6. The van der Waals surface area contributed by atoms with E-state index in [9.17, 15) is 4.79 Å². The minimum absolute atomic E-state index is 0.145. The van der Waals surface area contributed by atoms with E-state index in [4.69, 9.17) is 5.73 Å². The molecule has 118 valence electrons. The van der Waals surface area contributed by atoms with E-state index in [0.29, 0.717) is 0 Å². The Balaban J connectivity index is 2.15. The molecule has 0 spiro atoms. The molecule has 2 atom stereocenters. The van der Waals surface area contributed by atoms with Gasteiger partial charge in [0.1, 0.15) is 0 Å². The van der Waals surface area contributed by atoms with E-state index >= 15 is 0 Å². The predicted octanol–water partition coefficient (Wildman–Crippen LogP) is 2.39. The summed E-state index contributed by atoms with van der Waals surface area (Å²) in [6.45, 7) is 9.55. The summed E-state index contributed by atoms with van der Waals surface area (Å²) in [6, 6.07) is 4.82. The first-order valence-electron chi connectivity index (χ1n) is 7.84. The smallest absolute Gasteiger partial charge is 0.219 e. The maximum absolute atomic E-state index is 11.6. The molecule has 1 amide bonds. The number of amides is 1. The first-order valence-corrected chi connectivity index (χ1v) is 8.66. The summed E-state index contributed by atoms with van der Waals surface area (Å²) in [5.41, 5.74) is 6.42. The second-order valence-electron chi connectivity index (χ2n) is 5.86. The van der Waals surface area contributed by atoms with Gasteiger partial charge in [-0.2, -0.15) is 0 Å². The van der Waals surface area contributed by atoms with Crippen LogP contribution in [0, 0.1) is 6.92 Å². The zero-order valence-electron chi connectivity index (χ0n) is 13.3. The third-order valence-corrected chi connectivity index (χ3v) is 5.37. The van der Waals surface area contributed by atoms with Crippen molar-refractivity contribution in [2.45, 2.75) is 45.7 Å². The Bertz CT molecular complexity index is 474. The maximum Gasteiger partial charge on any atom is 0.219 e. The van der Waals surface area contributed by atoms with Crippen molar-refractivity contribution < 1.29 is 4.79 Å². The van der Waals surface area contributed by atoms with Gasteiger partial charge in [0.15, 0.2) is 0 Å². The summed E-state index contributed by atoms with van der Waals surface area (Å²) < 4.78 is 0. The molecule has 2 unspecified atom stereocenters. The number of aryl methyl sites for hydroxylation is 1. The zero-order valence-corrected chi connectivity index (χ0v) is 14.2. The molecule has 4 nitrogen and oxygen atoms in total. The molecular weight excluding hydrogens is 282 g/mol. The van der Waals surface area contributed by atoms with Crippen molar-refractivity contribution in [2.75, 3.05) is 26.2 Å². The second kappa shape index (κ2) is 7.38. The summed E-state index contributed by atoms with van der Waals surface area (Å²) in [6.07, 6.45) is 1.99. The van der Waals surface area contributed by atoms with Gasteiger partial charge in [-0.15, -0.1) is 11.3 Å². The Kier molecular flexibility index (Phi) is 5.79. The monoisotopic (exact) mass is 309 g/mol. The molecule has 1 aliphatic heterocycles. The van der Waals surface area contributed by atoms with Crippen LogP contribution in [0.15, 0.2) is 12.1 Å². The van der Waals surface area contributed by atoms with E-state index in [-0.39, 0.29) is 18.0 Å². The van der Waals surface area contributed by atoms with E-state index < -0.39 is 0 Å². The topological polar surface area (TPSA) is 49.6 Å². The number of nitrogens with zero attached hydrogens (tertiary/aromatic N) is 2. The van der Waals surface area contributed by atoms with Crippen LogP contribution in [0.25, 0.3) is 0 Å². The largest absolute Gasteiger partial charge is 0.342 e. The van der Waals surface area contributed by atoms with Gasteiger partial charge in [0, 0.05) is 48.9 Å². The van der Waals surface area contributed by atoms with Gasteiger partial charge in [0.05, 0.1) is 6.04 Å². The van der Waals surface area contributed by atoms with E-state index in [0.717, 1.165) is 39.0 Å². The Morgan fingerprint density at radius 1 is 1.33 bits per heavy atom. The number of rotatable bonds is 4. The minimum Gasteiger partial charge on any atom is -0.342 e. The van der Waals surface area contributed by atoms with Crippen LogP contribution < -0.4 is 5.73 Å². The highest BCUT2D eigenvalue weighted by Crippen LogP contribution is 2.31. The lowest BCUT2D eigenvalue weighted by molar-refractivity contribution is -0.128. The number of hydrogen-bond donors (Lipinski definition) is 1. The van der Waals surface area contributed by atoms with Gasteiger partial charge < -0.3 is 10.6 Å². The van der Waals surface area contributed by atoms with E-state index in [1.165, 1.54) is 9.75 Å². The molecule has 2 rings (SSSR count). The van der Waals surface area contributed by atoms with Crippen LogP contribution in [0.5, 0.6) is 0 Å². The molecular formula is C16H27N3OS. The number of carbonyl (C=O) groups is 1. The van der Waals surface area contributed by atoms with Crippen molar-refractivity contribution in [3.05, 3.63) is 21.9 Å². The Morgan fingerprint density at radius 2 is 2.10 bits per heavy atom. The van der Waals surface area contributed by atoms with Gasteiger partial charge in [-0.05, 0) is 31.9 Å². The van der Waals surface area contributed by atoms with Crippen LogP contribution in [0.4, 0.5) is 0 Å². The lowest BCUT2D eigenvalue weighted by Crippen LogP contribution is -2.42. The van der Waals surface area contributed by atoms with Crippen molar-refractivity contribution in [3.63, 3.8) is 0 Å². The molecule has 21 heavy (non-hydrogen) atoms. The van der Waals surface area contributed by atoms with Crippen molar-refractivity contribution >= 4 is 17.2 Å².